The average Bonchev–Trinajstić information content (AvgIpc) is 2.81. The van der Waals surface area contributed by atoms with E-state index < -0.39 is 0 Å². The largest absolute Gasteiger partial charge is 0.495 e. The van der Waals surface area contributed by atoms with E-state index in [1.54, 1.807) is 13.3 Å². The number of aromatic nitrogens is 2. The molecule has 7 heteroatoms. The van der Waals surface area contributed by atoms with Crippen LogP contribution < -0.4 is 15.4 Å². The zero-order chi connectivity index (χ0) is 22.3. The second-order valence-corrected chi connectivity index (χ2v) is 8.54. The Labute approximate surface area is 195 Å². The van der Waals surface area contributed by atoms with Crippen molar-refractivity contribution in [2.24, 2.45) is 0 Å². The summed E-state index contributed by atoms with van der Waals surface area (Å²) in [6, 6.07) is 17.0. The van der Waals surface area contributed by atoms with E-state index in [1.165, 1.54) is 5.56 Å². The van der Waals surface area contributed by atoms with Crippen LogP contribution in [0.25, 0.3) is 11.3 Å². The molecule has 1 fully saturated rings. The van der Waals surface area contributed by atoms with E-state index in [9.17, 15) is 0 Å². The maximum absolute atomic E-state index is 6.22. The van der Waals surface area contributed by atoms with Crippen molar-refractivity contribution in [3.05, 3.63) is 70.9 Å². The number of nitrogens with one attached hydrogen (secondary N) is 2. The summed E-state index contributed by atoms with van der Waals surface area (Å²) >= 11 is 6.22. The summed E-state index contributed by atoms with van der Waals surface area (Å²) in [5.41, 5.74) is 4.47. The van der Waals surface area contributed by atoms with Crippen molar-refractivity contribution in [2.45, 2.75) is 25.9 Å². The minimum atomic E-state index is 0.544. The van der Waals surface area contributed by atoms with Gasteiger partial charge in [-0.1, -0.05) is 35.9 Å². The Hall–Kier alpha value is -2.67. The Balaban J connectivity index is 1.39. The Bertz CT molecular complexity index is 1040. The number of hydrogen-bond donors (Lipinski definition) is 2. The fourth-order valence-corrected chi connectivity index (χ4v) is 4.25. The molecule has 0 aliphatic carbocycles. The van der Waals surface area contributed by atoms with Crippen LogP contribution in [0.15, 0.2) is 54.7 Å². The monoisotopic (exact) mass is 451 g/mol. The summed E-state index contributed by atoms with van der Waals surface area (Å²) in [7, 11) is 1.62. The molecule has 6 nitrogen and oxygen atoms in total. The summed E-state index contributed by atoms with van der Waals surface area (Å²) in [4.78, 5) is 11.6. The first-order valence-corrected chi connectivity index (χ1v) is 11.4. The minimum Gasteiger partial charge on any atom is -0.495 e. The topological polar surface area (TPSA) is 62.3 Å². The van der Waals surface area contributed by atoms with Gasteiger partial charge in [0.2, 0.25) is 5.95 Å². The lowest BCUT2D eigenvalue weighted by Gasteiger charge is -2.33. The number of halogens is 1. The van der Waals surface area contributed by atoms with E-state index in [0.29, 0.717) is 29.3 Å². The Morgan fingerprint density at radius 1 is 1.19 bits per heavy atom. The highest BCUT2D eigenvalue weighted by molar-refractivity contribution is 6.32. The maximum Gasteiger partial charge on any atom is 0.223 e. The van der Waals surface area contributed by atoms with Crippen LogP contribution in [0.5, 0.6) is 5.75 Å². The molecular weight excluding hydrogens is 422 g/mol. The van der Waals surface area contributed by atoms with Gasteiger partial charge in [-0.15, -0.1) is 0 Å². The predicted molar refractivity (Wildman–Crippen MR) is 130 cm³/mol. The molecule has 1 aliphatic rings. The van der Waals surface area contributed by atoms with E-state index in [0.717, 1.165) is 49.4 Å². The van der Waals surface area contributed by atoms with Gasteiger partial charge in [-0.2, -0.15) is 0 Å². The van der Waals surface area contributed by atoms with Crippen molar-refractivity contribution in [3.63, 3.8) is 0 Å². The lowest BCUT2D eigenvalue weighted by atomic mass is 10.1. The van der Waals surface area contributed by atoms with Crippen LogP contribution in [0.1, 0.15) is 18.1 Å². The smallest absolute Gasteiger partial charge is 0.223 e. The fourth-order valence-electron chi connectivity index (χ4n) is 3.97. The second-order valence-electron chi connectivity index (χ2n) is 8.14. The average molecular weight is 452 g/mol. The van der Waals surface area contributed by atoms with Crippen LogP contribution in [0, 0.1) is 0 Å². The molecule has 2 N–H and O–H groups in total. The Kier molecular flexibility index (Phi) is 7.58. The molecule has 1 aromatic heterocycles. The van der Waals surface area contributed by atoms with E-state index in [1.807, 2.05) is 24.3 Å². The van der Waals surface area contributed by atoms with Gasteiger partial charge in [-0.25, -0.2) is 9.97 Å². The van der Waals surface area contributed by atoms with Crippen molar-refractivity contribution >= 4 is 17.5 Å². The second kappa shape index (κ2) is 10.8. The number of ether oxygens (including phenoxy) is 1. The Morgan fingerprint density at radius 2 is 2.09 bits per heavy atom. The van der Waals surface area contributed by atoms with E-state index in [2.05, 4.69) is 51.7 Å². The molecule has 1 atom stereocenters. The molecule has 0 spiro atoms. The molecule has 32 heavy (non-hydrogen) atoms. The third-order valence-electron chi connectivity index (χ3n) is 5.82. The highest BCUT2D eigenvalue weighted by atomic mass is 35.5. The molecule has 2 aromatic carbocycles. The van der Waals surface area contributed by atoms with Gasteiger partial charge in [0, 0.05) is 50.5 Å². The SMILES string of the molecule is COc1ccc(CCNc2nccc(-c3cccc(CN4CCNC[C@@H]4C)c3)n2)cc1Cl. The highest BCUT2D eigenvalue weighted by Gasteiger charge is 2.18. The van der Waals surface area contributed by atoms with Crippen LogP contribution in [0.3, 0.4) is 0 Å². The number of methoxy groups -OCH3 is 1. The number of anilines is 1. The summed E-state index contributed by atoms with van der Waals surface area (Å²) in [5.74, 6) is 1.32. The molecule has 2 heterocycles. The number of rotatable bonds is 8. The standard InChI is InChI=1S/C25H30ClN5O/c1-18-16-27-12-13-31(18)17-20-4-3-5-21(14-20)23-9-11-29-25(30-23)28-10-8-19-6-7-24(32-2)22(26)15-19/h3-7,9,11,14-15,18,27H,8,10,12-13,16-17H2,1-2H3,(H,28,29,30)/t18-/m0/s1. The zero-order valence-corrected chi connectivity index (χ0v) is 19.4. The van der Waals surface area contributed by atoms with Gasteiger partial charge in [-0.05, 0) is 48.7 Å². The zero-order valence-electron chi connectivity index (χ0n) is 18.6. The third kappa shape index (κ3) is 5.76. The number of hydrogen-bond acceptors (Lipinski definition) is 6. The van der Waals surface area contributed by atoms with Gasteiger partial charge >= 0.3 is 0 Å². The van der Waals surface area contributed by atoms with Gasteiger partial charge < -0.3 is 15.4 Å². The van der Waals surface area contributed by atoms with Crippen molar-refractivity contribution in [3.8, 4) is 17.0 Å². The van der Waals surface area contributed by atoms with Crippen LogP contribution >= 0.6 is 11.6 Å². The molecule has 3 aromatic rings. The summed E-state index contributed by atoms with van der Waals surface area (Å²) in [6.07, 6.45) is 2.62. The van der Waals surface area contributed by atoms with E-state index >= 15 is 0 Å². The summed E-state index contributed by atoms with van der Waals surface area (Å²) < 4.78 is 5.21. The van der Waals surface area contributed by atoms with Crippen LogP contribution in [0.2, 0.25) is 5.02 Å². The van der Waals surface area contributed by atoms with Gasteiger partial charge in [0.05, 0.1) is 17.8 Å². The third-order valence-corrected chi connectivity index (χ3v) is 6.11. The molecule has 0 amide bonds. The van der Waals surface area contributed by atoms with E-state index in [-0.39, 0.29) is 0 Å². The van der Waals surface area contributed by atoms with Crippen molar-refractivity contribution < 1.29 is 4.74 Å². The Morgan fingerprint density at radius 3 is 2.91 bits per heavy atom. The van der Waals surface area contributed by atoms with Gasteiger partial charge in [0.25, 0.3) is 0 Å². The number of nitrogens with zero attached hydrogens (tertiary/aromatic N) is 3. The van der Waals surface area contributed by atoms with Crippen molar-refractivity contribution in [2.75, 3.05) is 38.6 Å². The first kappa shape index (κ1) is 22.5. The van der Waals surface area contributed by atoms with Crippen LogP contribution in [-0.4, -0.2) is 54.2 Å². The minimum absolute atomic E-state index is 0.544. The molecular formula is C25H30ClN5O. The predicted octanol–water partition coefficient (Wildman–Crippen LogP) is 4.25. The normalized spacial score (nSPS) is 16.7. The van der Waals surface area contributed by atoms with Gasteiger partial charge in [-0.3, -0.25) is 4.90 Å². The summed E-state index contributed by atoms with van der Waals surface area (Å²) in [5, 5.41) is 7.40. The number of benzene rings is 2. The molecule has 0 saturated carbocycles. The lowest BCUT2D eigenvalue weighted by molar-refractivity contribution is 0.165. The van der Waals surface area contributed by atoms with Gasteiger partial charge in [0.15, 0.2) is 0 Å². The van der Waals surface area contributed by atoms with Crippen molar-refractivity contribution in [1.29, 1.82) is 0 Å². The van der Waals surface area contributed by atoms with Crippen LogP contribution in [-0.2, 0) is 13.0 Å². The van der Waals surface area contributed by atoms with Crippen LogP contribution in [0.4, 0.5) is 5.95 Å². The first-order chi connectivity index (χ1) is 15.6. The first-order valence-electron chi connectivity index (χ1n) is 11.1. The highest BCUT2D eigenvalue weighted by Crippen LogP contribution is 2.25. The summed E-state index contributed by atoms with van der Waals surface area (Å²) in [6.45, 7) is 7.12. The molecule has 4 rings (SSSR count). The van der Waals surface area contributed by atoms with E-state index in [4.69, 9.17) is 21.3 Å². The molecule has 0 unspecified atom stereocenters. The number of piperazine rings is 1. The maximum atomic E-state index is 6.22. The van der Waals surface area contributed by atoms with Gasteiger partial charge in [0.1, 0.15) is 5.75 Å². The molecule has 0 radical (unpaired) electrons. The molecule has 0 bridgehead atoms. The fraction of sp³-hybridized carbons (Fsp3) is 0.360. The lowest BCUT2D eigenvalue weighted by Crippen LogP contribution is -2.49. The quantitative estimate of drug-likeness (QED) is 0.533. The molecule has 1 aliphatic heterocycles. The van der Waals surface area contributed by atoms with Crippen molar-refractivity contribution in [1.82, 2.24) is 20.2 Å². The molecule has 1 saturated heterocycles. The molecule has 168 valence electrons.